The van der Waals surface area contributed by atoms with E-state index >= 15 is 0 Å². The van der Waals surface area contributed by atoms with Crippen LogP contribution in [0.5, 0.6) is 0 Å². The number of hydrogen-bond donors (Lipinski definition) is 1. The molecule has 26 heavy (non-hydrogen) atoms. The molecule has 1 saturated heterocycles. The standard InChI is InChI=1S/C19H31N5O2/c1-22(2)10-6-9-20-18(25)17-16-8-7-15(13-24(16)14-21-17)19(26)23-11-4-3-5-12-23/h14-15H,3-13H2,1-2H3,(H,20,25). The van der Waals surface area contributed by atoms with Crippen LogP contribution in [0, 0.1) is 5.92 Å². The summed E-state index contributed by atoms with van der Waals surface area (Å²) >= 11 is 0. The van der Waals surface area contributed by atoms with Crippen molar-refractivity contribution >= 4 is 11.8 Å². The van der Waals surface area contributed by atoms with Gasteiger partial charge in [0.05, 0.1) is 17.9 Å². The number of rotatable bonds is 6. The molecule has 2 aliphatic rings. The summed E-state index contributed by atoms with van der Waals surface area (Å²) in [5, 5.41) is 2.96. The largest absolute Gasteiger partial charge is 0.351 e. The van der Waals surface area contributed by atoms with E-state index in [1.807, 2.05) is 23.6 Å². The number of imidazole rings is 1. The van der Waals surface area contributed by atoms with Crippen molar-refractivity contribution < 1.29 is 9.59 Å². The number of fused-ring (bicyclic) bond motifs is 1. The van der Waals surface area contributed by atoms with E-state index in [9.17, 15) is 9.59 Å². The molecule has 7 heteroatoms. The van der Waals surface area contributed by atoms with Gasteiger partial charge in [0.1, 0.15) is 5.69 Å². The first-order chi connectivity index (χ1) is 12.6. The molecule has 1 unspecified atom stereocenters. The molecule has 0 aliphatic carbocycles. The summed E-state index contributed by atoms with van der Waals surface area (Å²) < 4.78 is 2.00. The van der Waals surface area contributed by atoms with Crippen molar-refractivity contribution in [1.29, 1.82) is 0 Å². The number of nitrogens with zero attached hydrogens (tertiary/aromatic N) is 4. The Labute approximate surface area is 155 Å². The smallest absolute Gasteiger partial charge is 0.271 e. The van der Waals surface area contributed by atoms with Gasteiger partial charge in [0.15, 0.2) is 0 Å². The molecule has 1 fully saturated rings. The minimum Gasteiger partial charge on any atom is -0.351 e. The van der Waals surface area contributed by atoms with Crippen LogP contribution in [0.1, 0.15) is 48.3 Å². The molecule has 2 amide bonds. The quantitative estimate of drug-likeness (QED) is 0.772. The zero-order valence-corrected chi connectivity index (χ0v) is 16.0. The Balaban J connectivity index is 1.56. The molecule has 1 N–H and O–H groups in total. The SMILES string of the molecule is CN(C)CCCNC(=O)c1ncn2c1CCC(C(=O)N1CCCCC1)C2. The Morgan fingerprint density at radius 2 is 2.04 bits per heavy atom. The van der Waals surface area contributed by atoms with Gasteiger partial charge >= 0.3 is 0 Å². The molecule has 0 saturated carbocycles. The van der Waals surface area contributed by atoms with Crippen LogP contribution in [-0.2, 0) is 17.8 Å². The van der Waals surface area contributed by atoms with E-state index < -0.39 is 0 Å². The van der Waals surface area contributed by atoms with Crippen LogP contribution in [0.25, 0.3) is 0 Å². The molecule has 0 radical (unpaired) electrons. The van der Waals surface area contributed by atoms with Crippen LogP contribution in [0.15, 0.2) is 6.33 Å². The predicted molar refractivity (Wildman–Crippen MR) is 100.0 cm³/mol. The van der Waals surface area contributed by atoms with Crippen LogP contribution in [-0.4, -0.2) is 71.4 Å². The summed E-state index contributed by atoms with van der Waals surface area (Å²) in [5.74, 6) is 0.197. The molecule has 3 heterocycles. The van der Waals surface area contributed by atoms with Crippen LogP contribution in [0.2, 0.25) is 0 Å². The fourth-order valence-electron chi connectivity index (χ4n) is 3.91. The van der Waals surface area contributed by atoms with E-state index in [0.717, 1.165) is 57.4 Å². The first-order valence-electron chi connectivity index (χ1n) is 9.82. The van der Waals surface area contributed by atoms with E-state index in [4.69, 9.17) is 0 Å². The molecular formula is C19H31N5O2. The predicted octanol–water partition coefficient (Wildman–Crippen LogP) is 1.14. The van der Waals surface area contributed by atoms with Gasteiger partial charge in [-0.25, -0.2) is 4.98 Å². The van der Waals surface area contributed by atoms with Crippen molar-refractivity contribution in [2.24, 2.45) is 5.92 Å². The second-order valence-electron chi connectivity index (χ2n) is 7.73. The monoisotopic (exact) mass is 361 g/mol. The number of amides is 2. The summed E-state index contributed by atoms with van der Waals surface area (Å²) in [6.07, 6.45) is 7.65. The summed E-state index contributed by atoms with van der Waals surface area (Å²) in [4.78, 5) is 33.6. The molecule has 0 aromatic carbocycles. The maximum atomic E-state index is 12.7. The van der Waals surface area contributed by atoms with Crippen LogP contribution in [0.4, 0.5) is 0 Å². The van der Waals surface area contributed by atoms with Gasteiger partial charge in [-0.05, 0) is 59.2 Å². The lowest BCUT2D eigenvalue weighted by Crippen LogP contribution is -2.42. The molecule has 1 aromatic rings. The van der Waals surface area contributed by atoms with Crippen LogP contribution < -0.4 is 5.32 Å². The van der Waals surface area contributed by atoms with Crippen molar-refractivity contribution in [3.05, 3.63) is 17.7 Å². The first-order valence-corrected chi connectivity index (χ1v) is 9.82. The molecule has 7 nitrogen and oxygen atoms in total. The summed E-state index contributed by atoms with van der Waals surface area (Å²) in [7, 11) is 4.05. The van der Waals surface area contributed by atoms with Gasteiger partial charge in [-0.3, -0.25) is 9.59 Å². The van der Waals surface area contributed by atoms with E-state index in [-0.39, 0.29) is 17.7 Å². The topological polar surface area (TPSA) is 70.5 Å². The zero-order valence-electron chi connectivity index (χ0n) is 16.0. The maximum Gasteiger partial charge on any atom is 0.271 e. The number of likely N-dealkylation sites (tertiary alicyclic amines) is 1. The van der Waals surface area contributed by atoms with Gasteiger partial charge in [-0.2, -0.15) is 0 Å². The molecule has 1 atom stereocenters. The van der Waals surface area contributed by atoms with Gasteiger partial charge in [0.2, 0.25) is 5.91 Å². The van der Waals surface area contributed by atoms with Crippen molar-refractivity contribution in [3.63, 3.8) is 0 Å². The summed E-state index contributed by atoms with van der Waals surface area (Å²) in [5.41, 5.74) is 1.50. The average molecular weight is 361 g/mol. The number of nitrogens with one attached hydrogen (secondary N) is 1. The van der Waals surface area contributed by atoms with Crippen LogP contribution in [0.3, 0.4) is 0 Å². The Kier molecular flexibility index (Phi) is 6.29. The zero-order chi connectivity index (χ0) is 18.5. The first kappa shape index (κ1) is 18.9. The number of carbonyl (C=O) groups excluding carboxylic acids is 2. The highest BCUT2D eigenvalue weighted by atomic mass is 16.2. The van der Waals surface area contributed by atoms with E-state index in [2.05, 4.69) is 15.2 Å². The highest BCUT2D eigenvalue weighted by Crippen LogP contribution is 2.25. The average Bonchev–Trinajstić information content (AvgIpc) is 3.08. The Bertz CT molecular complexity index is 634. The molecule has 3 rings (SSSR count). The highest BCUT2D eigenvalue weighted by Gasteiger charge is 2.31. The van der Waals surface area contributed by atoms with Crippen molar-refractivity contribution in [1.82, 2.24) is 24.7 Å². The van der Waals surface area contributed by atoms with Gasteiger partial charge in [0, 0.05) is 26.2 Å². The van der Waals surface area contributed by atoms with Crippen molar-refractivity contribution in [2.75, 3.05) is 40.3 Å². The Hall–Kier alpha value is -1.89. The normalized spacial score (nSPS) is 20.1. The third-order valence-electron chi connectivity index (χ3n) is 5.39. The minimum atomic E-state index is -0.0988. The summed E-state index contributed by atoms with van der Waals surface area (Å²) in [6, 6.07) is 0. The molecule has 0 bridgehead atoms. The fourth-order valence-corrected chi connectivity index (χ4v) is 3.91. The lowest BCUT2D eigenvalue weighted by atomic mass is 9.94. The van der Waals surface area contributed by atoms with E-state index in [0.29, 0.717) is 18.8 Å². The molecular weight excluding hydrogens is 330 g/mol. The number of aromatic nitrogens is 2. The van der Waals surface area contributed by atoms with E-state index in [1.165, 1.54) is 6.42 Å². The molecule has 1 aromatic heterocycles. The second kappa shape index (κ2) is 8.66. The highest BCUT2D eigenvalue weighted by molar-refractivity contribution is 5.93. The number of carbonyl (C=O) groups is 2. The van der Waals surface area contributed by atoms with E-state index in [1.54, 1.807) is 6.33 Å². The second-order valence-corrected chi connectivity index (χ2v) is 7.73. The van der Waals surface area contributed by atoms with Crippen molar-refractivity contribution in [2.45, 2.75) is 45.1 Å². The lowest BCUT2D eigenvalue weighted by Gasteiger charge is -2.32. The third kappa shape index (κ3) is 4.44. The van der Waals surface area contributed by atoms with Gasteiger partial charge in [-0.15, -0.1) is 0 Å². The van der Waals surface area contributed by atoms with Gasteiger partial charge in [0.25, 0.3) is 5.91 Å². The fraction of sp³-hybridized carbons (Fsp3) is 0.737. The van der Waals surface area contributed by atoms with Gasteiger partial charge in [-0.1, -0.05) is 0 Å². The molecule has 144 valence electrons. The maximum absolute atomic E-state index is 12.7. The minimum absolute atomic E-state index is 0.0193. The molecule has 2 aliphatic heterocycles. The number of hydrogen-bond acceptors (Lipinski definition) is 4. The third-order valence-corrected chi connectivity index (χ3v) is 5.39. The Morgan fingerprint density at radius 3 is 2.77 bits per heavy atom. The summed E-state index contributed by atoms with van der Waals surface area (Å²) in [6.45, 7) is 4.03. The lowest BCUT2D eigenvalue weighted by molar-refractivity contribution is -0.137. The van der Waals surface area contributed by atoms with Crippen molar-refractivity contribution in [3.8, 4) is 0 Å². The van der Waals surface area contributed by atoms with Gasteiger partial charge < -0.3 is 19.7 Å². The molecule has 0 spiro atoms. The number of piperidine rings is 1. The Morgan fingerprint density at radius 1 is 1.27 bits per heavy atom. The van der Waals surface area contributed by atoms with Crippen LogP contribution >= 0.6 is 0 Å².